The number of rotatable bonds is 2. The predicted octanol–water partition coefficient (Wildman–Crippen LogP) is 6.48. The predicted molar refractivity (Wildman–Crippen MR) is 86.2 cm³/mol. The molecule has 1 aliphatic rings. The maximum atomic E-state index is 6.75. The Bertz CT molecular complexity index is 478. The highest BCUT2D eigenvalue weighted by Crippen LogP contribution is 2.73. The zero-order chi connectivity index (χ0) is 13.9. The number of alkyl halides is 1. The largest absolute Gasteiger partial charge is 0.117 e. The summed E-state index contributed by atoms with van der Waals surface area (Å²) >= 11 is 14.0. The van der Waals surface area contributed by atoms with Crippen LogP contribution >= 0.6 is 43.5 Å². The van der Waals surface area contributed by atoms with Crippen LogP contribution in [0.1, 0.15) is 44.2 Å². The van der Waals surface area contributed by atoms with Gasteiger partial charge >= 0.3 is 0 Å². The van der Waals surface area contributed by atoms with E-state index in [0.717, 1.165) is 8.95 Å². The van der Waals surface area contributed by atoms with Crippen LogP contribution in [-0.4, -0.2) is 0 Å². The highest BCUT2D eigenvalue weighted by Gasteiger charge is 2.67. The van der Waals surface area contributed by atoms with Gasteiger partial charge in [-0.25, -0.2) is 0 Å². The molecule has 1 unspecified atom stereocenters. The van der Waals surface area contributed by atoms with E-state index in [1.165, 1.54) is 11.1 Å². The number of hydrogen-bond acceptors (Lipinski definition) is 0. The van der Waals surface area contributed by atoms with Crippen LogP contribution in [0.2, 0.25) is 0 Å². The molecule has 0 aliphatic heterocycles. The van der Waals surface area contributed by atoms with Gasteiger partial charge in [0.05, 0.1) is 5.38 Å². The van der Waals surface area contributed by atoms with Crippen molar-refractivity contribution in [1.29, 1.82) is 0 Å². The van der Waals surface area contributed by atoms with Gasteiger partial charge in [0, 0.05) is 8.95 Å². The summed E-state index contributed by atoms with van der Waals surface area (Å²) < 4.78 is 2.24. The Labute approximate surface area is 132 Å². The van der Waals surface area contributed by atoms with Crippen LogP contribution in [-0.2, 0) is 0 Å². The first-order chi connectivity index (χ1) is 8.10. The molecule has 0 bridgehead atoms. The van der Waals surface area contributed by atoms with Crippen molar-refractivity contribution in [2.45, 2.75) is 40.0 Å². The summed E-state index contributed by atoms with van der Waals surface area (Å²) in [5, 5.41) is 0.0567. The molecule has 2 rings (SSSR count). The van der Waals surface area contributed by atoms with Gasteiger partial charge in [0.25, 0.3) is 0 Å². The summed E-state index contributed by atoms with van der Waals surface area (Å²) in [6.45, 7) is 11.3. The third-order valence-corrected chi connectivity index (χ3v) is 7.03. The Morgan fingerprint density at radius 3 is 2.00 bits per heavy atom. The highest BCUT2D eigenvalue weighted by molar-refractivity contribution is 9.11. The van der Waals surface area contributed by atoms with Crippen LogP contribution in [0.5, 0.6) is 0 Å². The standard InChI is InChI=1S/C15H19Br2Cl/c1-8-6-11(17)9(7-10(8)16)12(18)13-14(2,3)15(13,4)5/h6-7,12-13H,1-5H3. The Balaban J connectivity index is 2.37. The second-order valence-electron chi connectivity index (χ2n) is 6.45. The first-order valence-corrected chi connectivity index (χ1v) is 8.22. The molecule has 1 aromatic carbocycles. The summed E-state index contributed by atoms with van der Waals surface area (Å²) in [4.78, 5) is 0. The van der Waals surface area contributed by atoms with Crippen LogP contribution in [0.4, 0.5) is 0 Å². The van der Waals surface area contributed by atoms with E-state index in [1.807, 2.05) is 0 Å². The fourth-order valence-electron chi connectivity index (χ4n) is 3.03. The lowest BCUT2D eigenvalue weighted by Gasteiger charge is -2.15. The lowest BCUT2D eigenvalue weighted by molar-refractivity contribution is 0.457. The van der Waals surface area contributed by atoms with Crippen LogP contribution < -0.4 is 0 Å². The summed E-state index contributed by atoms with van der Waals surface area (Å²) in [7, 11) is 0. The second kappa shape index (κ2) is 4.49. The average molecular weight is 395 g/mol. The Morgan fingerprint density at radius 1 is 1.06 bits per heavy atom. The molecule has 0 heterocycles. The number of benzene rings is 1. The summed E-state index contributed by atoms with van der Waals surface area (Å²) in [5.41, 5.74) is 3.02. The minimum Gasteiger partial charge on any atom is -0.117 e. The van der Waals surface area contributed by atoms with Crippen molar-refractivity contribution in [3.05, 3.63) is 32.2 Å². The maximum absolute atomic E-state index is 6.75. The third kappa shape index (κ3) is 2.09. The van der Waals surface area contributed by atoms with Gasteiger partial charge in [-0.3, -0.25) is 0 Å². The number of halogens is 3. The van der Waals surface area contributed by atoms with Gasteiger partial charge < -0.3 is 0 Å². The molecule has 1 fully saturated rings. The minimum atomic E-state index is 0.0567. The van der Waals surface area contributed by atoms with Gasteiger partial charge in [0.1, 0.15) is 0 Å². The Hall–Kier alpha value is 0.470. The van der Waals surface area contributed by atoms with Crippen LogP contribution in [0.3, 0.4) is 0 Å². The van der Waals surface area contributed by atoms with Gasteiger partial charge in [0.2, 0.25) is 0 Å². The smallest absolute Gasteiger partial charge is 0.0635 e. The van der Waals surface area contributed by atoms with Crippen molar-refractivity contribution in [2.24, 2.45) is 16.7 Å². The molecular formula is C15H19Br2Cl. The molecule has 0 amide bonds. The summed E-state index contributed by atoms with van der Waals surface area (Å²) in [6.07, 6.45) is 0. The number of aryl methyl sites for hydroxylation is 1. The van der Waals surface area contributed by atoms with Gasteiger partial charge in [-0.15, -0.1) is 11.6 Å². The lowest BCUT2D eigenvalue weighted by atomic mass is 10.0. The third-order valence-electron chi connectivity index (χ3n) is 5.00. The molecule has 0 radical (unpaired) electrons. The molecule has 1 aromatic rings. The van der Waals surface area contributed by atoms with Crippen molar-refractivity contribution >= 4 is 43.5 Å². The van der Waals surface area contributed by atoms with Crippen LogP contribution in [0, 0.1) is 23.7 Å². The Kier molecular flexibility index (Phi) is 3.71. The number of hydrogen-bond donors (Lipinski definition) is 0. The van der Waals surface area contributed by atoms with Crippen molar-refractivity contribution in [1.82, 2.24) is 0 Å². The van der Waals surface area contributed by atoms with Gasteiger partial charge in [-0.1, -0.05) is 59.6 Å². The van der Waals surface area contributed by atoms with Crippen molar-refractivity contribution < 1.29 is 0 Å². The fraction of sp³-hybridized carbons (Fsp3) is 0.600. The zero-order valence-electron chi connectivity index (χ0n) is 11.4. The molecule has 1 atom stereocenters. The Morgan fingerprint density at radius 2 is 1.56 bits per heavy atom. The lowest BCUT2D eigenvalue weighted by Crippen LogP contribution is -2.01. The van der Waals surface area contributed by atoms with E-state index >= 15 is 0 Å². The first-order valence-electron chi connectivity index (χ1n) is 6.20. The normalized spacial score (nSPS) is 22.9. The molecule has 1 saturated carbocycles. The van der Waals surface area contributed by atoms with E-state index in [2.05, 4.69) is 78.6 Å². The molecule has 0 aromatic heterocycles. The molecule has 100 valence electrons. The van der Waals surface area contributed by atoms with E-state index in [1.54, 1.807) is 0 Å². The molecular weight excluding hydrogens is 375 g/mol. The average Bonchev–Trinajstić information content (AvgIpc) is 2.62. The van der Waals surface area contributed by atoms with Crippen molar-refractivity contribution in [3.8, 4) is 0 Å². The van der Waals surface area contributed by atoms with Gasteiger partial charge in [0.15, 0.2) is 0 Å². The van der Waals surface area contributed by atoms with E-state index in [-0.39, 0.29) is 5.38 Å². The van der Waals surface area contributed by atoms with E-state index in [4.69, 9.17) is 11.6 Å². The quantitative estimate of drug-likeness (QED) is 0.504. The van der Waals surface area contributed by atoms with Gasteiger partial charge in [-0.2, -0.15) is 0 Å². The van der Waals surface area contributed by atoms with E-state index in [9.17, 15) is 0 Å². The highest BCUT2D eigenvalue weighted by atomic mass is 79.9. The molecule has 1 aliphatic carbocycles. The summed E-state index contributed by atoms with van der Waals surface area (Å²) in [5.74, 6) is 0.512. The van der Waals surface area contributed by atoms with Crippen molar-refractivity contribution in [2.75, 3.05) is 0 Å². The molecule has 18 heavy (non-hydrogen) atoms. The fourth-order valence-corrected chi connectivity index (χ4v) is 5.04. The van der Waals surface area contributed by atoms with Crippen LogP contribution in [0.15, 0.2) is 21.1 Å². The molecule has 0 spiro atoms. The van der Waals surface area contributed by atoms with E-state index < -0.39 is 0 Å². The summed E-state index contributed by atoms with van der Waals surface area (Å²) in [6, 6.07) is 4.29. The van der Waals surface area contributed by atoms with Gasteiger partial charge in [-0.05, 0) is 46.9 Å². The topological polar surface area (TPSA) is 0 Å². The van der Waals surface area contributed by atoms with Crippen molar-refractivity contribution in [3.63, 3.8) is 0 Å². The molecule has 0 N–H and O–H groups in total. The second-order valence-corrected chi connectivity index (χ2v) is 8.62. The van der Waals surface area contributed by atoms with Crippen LogP contribution in [0.25, 0.3) is 0 Å². The first kappa shape index (κ1) is 14.9. The SMILES string of the molecule is Cc1cc(Br)c(C(Cl)C2C(C)(C)C2(C)C)cc1Br. The monoisotopic (exact) mass is 392 g/mol. The molecule has 0 nitrogen and oxygen atoms in total. The molecule has 3 heteroatoms. The zero-order valence-corrected chi connectivity index (χ0v) is 15.4. The maximum Gasteiger partial charge on any atom is 0.0635 e. The molecule has 0 saturated heterocycles. The minimum absolute atomic E-state index is 0.0567. The van der Waals surface area contributed by atoms with E-state index in [0.29, 0.717) is 16.7 Å².